The van der Waals surface area contributed by atoms with Crippen LogP contribution in [0.2, 0.25) is 0 Å². The molecule has 9 aromatic carbocycles. The van der Waals surface area contributed by atoms with Gasteiger partial charge >= 0.3 is 0 Å². The molecule has 280 valence electrons. The van der Waals surface area contributed by atoms with Crippen LogP contribution in [0.4, 0.5) is 17.1 Å². The minimum absolute atomic E-state index is 0.0991. The molecule has 11 rings (SSSR count). The van der Waals surface area contributed by atoms with Crippen LogP contribution in [0.25, 0.3) is 72.0 Å². The Kier molecular flexibility index (Phi) is 8.20. The summed E-state index contributed by atoms with van der Waals surface area (Å²) in [7, 11) is 0. The quantitative estimate of drug-likeness (QED) is 0.157. The summed E-state index contributed by atoms with van der Waals surface area (Å²) in [6.45, 7) is 4.72. The Morgan fingerprint density at radius 2 is 0.932 bits per heavy atom. The second kappa shape index (κ2) is 13.9. The van der Waals surface area contributed by atoms with Crippen molar-refractivity contribution in [3.8, 4) is 50.2 Å². The molecule has 2 heteroatoms. The highest BCUT2D eigenvalue weighted by Gasteiger charge is 2.37. The average Bonchev–Trinajstić information content (AvgIpc) is 3.75. The van der Waals surface area contributed by atoms with Crippen molar-refractivity contribution in [2.45, 2.75) is 19.3 Å². The third kappa shape index (κ3) is 5.63. The molecule has 2 nitrogen and oxygen atoms in total. The molecule has 0 spiro atoms. The van der Waals surface area contributed by atoms with E-state index in [-0.39, 0.29) is 5.41 Å². The first-order valence-electron chi connectivity index (χ1n) is 20.5. The molecule has 0 aliphatic heterocycles. The van der Waals surface area contributed by atoms with E-state index in [0.29, 0.717) is 0 Å². The summed E-state index contributed by atoms with van der Waals surface area (Å²) in [6, 6.07) is 79.8. The van der Waals surface area contributed by atoms with Gasteiger partial charge in [0, 0.05) is 38.7 Å². The molecule has 59 heavy (non-hydrogen) atoms. The molecule has 1 aliphatic rings. The highest BCUT2D eigenvalue weighted by atomic mass is 15.1. The molecule has 0 saturated carbocycles. The molecule has 10 aromatic rings. The number of rotatable bonds is 7. The van der Waals surface area contributed by atoms with E-state index in [4.69, 9.17) is 0 Å². The Labute approximate surface area is 345 Å². The maximum absolute atomic E-state index is 2.48. The van der Waals surface area contributed by atoms with Crippen LogP contribution in [0.1, 0.15) is 25.0 Å². The van der Waals surface area contributed by atoms with Gasteiger partial charge in [-0.05, 0) is 93.0 Å². The molecular weight excluding hydrogens is 713 g/mol. The molecule has 0 atom stereocenters. The minimum atomic E-state index is -0.0991. The van der Waals surface area contributed by atoms with Crippen LogP contribution >= 0.6 is 0 Å². The smallest absolute Gasteiger partial charge is 0.0547 e. The summed E-state index contributed by atoms with van der Waals surface area (Å²) in [6.07, 6.45) is 0. The van der Waals surface area contributed by atoms with Gasteiger partial charge in [0.1, 0.15) is 0 Å². The van der Waals surface area contributed by atoms with E-state index in [9.17, 15) is 0 Å². The number of para-hydroxylation sites is 4. The largest absolute Gasteiger partial charge is 0.309 e. The Balaban J connectivity index is 1.14. The highest BCUT2D eigenvalue weighted by molar-refractivity contribution is 6.10. The highest BCUT2D eigenvalue weighted by Crippen LogP contribution is 2.54. The van der Waals surface area contributed by atoms with Crippen LogP contribution in [0.15, 0.2) is 218 Å². The zero-order valence-corrected chi connectivity index (χ0v) is 33.2. The zero-order chi connectivity index (χ0) is 39.5. The monoisotopic (exact) mass is 754 g/mol. The lowest BCUT2D eigenvalue weighted by atomic mass is 9.82. The fraction of sp³-hybridized carbons (Fsp3) is 0.0526. The number of aromatic nitrogens is 1. The predicted molar refractivity (Wildman–Crippen MR) is 249 cm³/mol. The topological polar surface area (TPSA) is 8.17 Å². The standard InChI is InChI=1S/C57H42N2/c1-57(2)50-30-13-9-28-49(50)56-48(29-18-31-51(56)57)46-27-12-16-34-54(46)59(52-32-14-10-25-44(52)39-19-5-3-6-20-39)43-24-17-21-40(37-43)41-35-36-47-45-26-11-15-33-53(45)58(55(47)38-41)42-22-7-4-8-23-42/h3-38H,1-2H3. The molecule has 1 aliphatic carbocycles. The van der Waals surface area contributed by atoms with Gasteiger partial charge in [-0.15, -0.1) is 0 Å². The third-order valence-corrected chi connectivity index (χ3v) is 12.4. The van der Waals surface area contributed by atoms with Gasteiger partial charge in [0.2, 0.25) is 0 Å². The normalized spacial score (nSPS) is 12.7. The van der Waals surface area contributed by atoms with Crippen molar-refractivity contribution in [3.63, 3.8) is 0 Å². The van der Waals surface area contributed by atoms with Gasteiger partial charge in [-0.2, -0.15) is 0 Å². The Morgan fingerprint density at radius 1 is 0.373 bits per heavy atom. The van der Waals surface area contributed by atoms with Crippen LogP contribution in [0.5, 0.6) is 0 Å². The summed E-state index contributed by atoms with van der Waals surface area (Å²) >= 11 is 0. The summed E-state index contributed by atoms with van der Waals surface area (Å²) in [5.41, 5.74) is 19.3. The Morgan fingerprint density at radius 3 is 1.75 bits per heavy atom. The number of anilines is 3. The molecule has 0 amide bonds. The molecule has 0 saturated heterocycles. The molecule has 0 unspecified atom stereocenters. The maximum atomic E-state index is 2.48. The SMILES string of the molecule is CC1(C)c2ccccc2-c2c(-c3ccccc3N(c3cccc(-c4ccc5c6ccccc6n(-c6ccccc6)c5c4)c3)c3ccccc3-c3ccccc3)cccc21. The van der Waals surface area contributed by atoms with Gasteiger partial charge < -0.3 is 9.47 Å². The van der Waals surface area contributed by atoms with Crippen LogP contribution < -0.4 is 4.90 Å². The maximum Gasteiger partial charge on any atom is 0.0547 e. The van der Waals surface area contributed by atoms with Crippen molar-refractivity contribution in [1.82, 2.24) is 4.57 Å². The van der Waals surface area contributed by atoms with Crippen molar-refractivity contribution in [2.75, 3.05) is 4.90 Å². The van der Waals surface area contributed by atoms with Crippen molar-refractivity contribution in [3.05, 3.63) is 230 Å². The van der Waals surface area contributed by atoms with E-state index in [0.717, 1.165) is 28.3 Å². The fourth-order valence-corrected chi connectivity index (χ4v) is 9.64. The van der Waals surface area contributed by atoms with Crippen LogP contribution in [-0.4, -0.2) is 4.57 Å². The van der Waals surface area contributed by atoms with E-state index in [1.165, 1.54) is 71.9 Å². The lowest BCUT2D eigenvalue weighted by molar-refractivity contribution is 0.660. The van der Waals surface area contributed by atoms with Crippen molar-refractivity contribution < 1.29 is 0 Å². The van der Waals surface area contributed by atoms with Crippen molar-refractivity contribution in [1.29, 1.82) is 0 Å². The van der Waals surface area contributed by atoms with E-state index in [1.54, 1.807) is 0 Å². The first kappa shape index (κ1) is 34.8. The summed E-state index contributed by atoms with van der Waals surface area (Å²) in [4.78, 5) is 2.48. The van der Waals surface area contributed by atoms with E-state index in [2.05, 4.69) is 242 Å². The number of hydrogen-bond donors (Lipinski definition) is 0. The van der Waals surface area contributed by atoms with Crippen LogP contribution in [0, 0.1) is 0 Å². The van der Waals surface area contributed by atoms with Gasteiger partial charge in [-0.3, -0.25) is 0 Å². The molecule has 0 N–H and O–H groups in total. The third-order valence-electron chi connectivity index (χ3n) is 12.4. The second-order valence-electron chi connectivity index (χ2n) is 16.1. The van der Waals surface area contributed by atoms with Crippen LogP contribution in [-0.2, 0) is 5.41 Å². The number of benzene rings is 9. The Bertz CT molecular complexity index is 3190. The van der Waals surface area contributed by atoms with Crippen LogP contribution in [0.3, 0.4) is 0 Å². The van der Waals surface area contributed by atoms with Gasteiger partial charge in [-0.25, -0.2) is 0 Å². The lowest BCUT2D eigenvalue weighted by Gasteiger charge is -2.30. The average molecular weight is 755 g/mol. The first-order chi connectivity index (χ1) is 29.1. The molecule has 0 fully saturated rings. The minimum Gasteiger partial charge on any atom is -0.309 e. The van der Waals surface area contributed by atoms with Gasteiger partial charge in [0.05, 0.1) is 22.4 Å². The van der Waals surface area contributed by atoms with Gasteiger partial charge in [0.15, 0.2) is 0 Å². The van der Waals surface area contributed by atoms with E-state index in [1.807, 2.05) is 0 Å². The number of nitrogens with zero attached hydrogens (tertiary/aromatic N) is 2. The molecule has 1 aromatic heterocycles. The van der Waals surface area contributed by atoms with Gasteiger partial charge in [0.25, 0.3) is 0 Å². The zero-order valence-electron chi connectivity index (χ0n) is 33.2. The van der Waals surface area contributed by atoms with Crippen molar-refractivity contribution in [2.24, 2.45) is 0 Å². The molecule has 1 heterocycles. The van der Waals surface area contributed by atoms with Crippen molar-refractivity contribution >= 4 is 38.9 Å². The van der Waals surface area contributed by atoms with E-state index >= 15 is 0 Å². The molecule has 0 bridgehead atoms. The number of hydrogen-bond acceptors (Lipinski definition) is 1. The number of fused-ring (bicyclic) bond motifs is 6. The Hall–Kier alpha value is -7.42. The summed E-state index contributed by atoms with van der Waals surface area (Å²) < 4.78 is 2.40. The van der Waals surface area contributed by atoms with Gasteiger partial charge in [-0.1, -0.05) is 184 Å². The predicted octanol–water partition coefficient (Wildman–Crippen LogP) is 15.6. The summed E-state index contributed by atoms with van der Waals surface area (Å²) in [5.74, 6) is 0. The second-order valence-corrected chi connectivity index (χ2v) is 16.1. The first-order valence-corrected chi connectivity index (χ1v) is 20.5. The fourth-order valence-electron chi connectivity index (χ4n) is 9.64. The lowest BCUT2D eigenvalue weighted by Crippen LogP contribution is -2.15. The molecule has 0 radical (unpaired) electrons. The van der Waals surface area contributed by atoms with E-state index < -0.39 is 0 Å². The molecular formula is C57H42N2. The summed E-state index contributed by atoms with van der Waals surface area (Å²) in [5, 5.41) is 2.50.